The van der Waals surface area contributed by atoms with Crippen molar-refractivity contribution in [2.45, 2.75) is 27.3 Å². The number of nitrogens with zero attached hydrogens (tertiary/aromatic N) is 4. The number of hydrogen-bond donors (Lipinski definition) is 1. The number of amides is 1. The number of fused-ring (bicyclic) bond motifs is 2. The highest BCUT2D eigenvalue weighted by atomic mass is 16.2. The SMILES string of the molecule is CCn1nc(C(=O)Nc2ccc3nc(C)c(C)nc3c2)c2ccccc2c1=O. The molecule has 7 heteroatoms. The molecule has 0 atom stereocenters. The average molecular weight is 373 g/mol. The first-order valence-electron chi connectivity index (χ1n) is 9.04. The molecule has 0 spiro atoms. The Kier molecular flexibility index (Phi) is 4.35. The molecule has 0 aliphatic carbocycles. The molecule has 0 aliphatic heterocycles. The van der Waals surface area contributed by atoms with Gasteiger partial charge >= 0.3 is 0 Å². The third-order valence-corrected chi connectivity index (χ3v) is 4.72. The van der Waals surface area contributed by atoms with Crippen LogP contribution in [-0.2, 0) is 6.54 Å². The van der Waals surface area contributed by atoms with E-state index in [1.165, 1.54) is 4.68 Å². The van der Waals surface area contributed by atoms with Gasteiger partial charge in [-0.15, -0.1) is 0 Å². The number of carbonyl (C=O) groups excluding carboxylic acids is 1. The first kappa shape index (κ1) is 17.8. The van der Waals surface area contributed by atoms with Gasteiger partial charge < -0.3 is 5.32 Å². The van der Waals surface area contributed by atoms with Crippen molar-refractivity contribution in [3.8, 4) is 0 Å². The Bertz CT molecular complexity index is 1290. The molecule has 0 saturated heterocycles. The second kappa shape index (κ2) is 6.84. The minimum absolute atomic E-state index is 0.207. The van der Waals surface area contributed by atoms with E-state index in [2.05, 4.69) is 20.4 Å². The van der Waals surface area contributed by atoms with Gasteiger partial charge in [0.25, 0.3) is 11.5 Å². The van der Waals surface area contributed by atoms with Gasteiger partial charge in [-0.05, 0) is 45.0 Å². The highest BCUT2D eigenvalue weighted by molar-refractivity contribution is 6.11. The number of aryl methyl sites for hydroxylation is 3. The minimum atomic E-state index is -0.380. The van der Waals surface area contributed by atoms with Gasteiger partial charge in [0, 0.05) is 17.6 Å². The van der Waals surface area contributed by atoms with Gasteiger partial charge in [-0.1, -0.05) is 18.2 Å². The molecule has 2 heterocycles. The summed E-state index contributed by atoms with van der Waals surface area (Å²) in [5, 5.41) is 8.13. The van der Waals surface area contributed by atoms with Crippen molar-refractivity contribution in [3.05, 3.63) is 69.9 Å². The first-order chi connectivity index (χ1) is 13.5. The summed E-state index contributed by atoms with van der Waals surface area (Å²) in [6.07, 6.45) is 0. The van der Waals surface area contributed by atoms with E-state index < -0.39 is 0 Å². The zero-order valence-electron chi connectivity index (χ0n) is 15.9. The van der Waals surface area contributed by atoms with Crippen LogP contribution in [0.4, 0.5) is 5.69 Å². The fourth-order valence-corrected chi connectivity index (χ4v) is 3.12. The van der Waals surface area contributed by atoms with Gasteiger partial charge in [0.2, 0.25) is 0 Å². The van der Waals surface area contributed by atoms with Gasteiger partial charge in [0.05, 0.1) is 27.8 Å². The van der Waals surface area contributed by atoms with Crippen LogP contribution in [-0.4, -0.2) is 25.7 Å². The van der Waals surface area contributed by atoms with E-state index in [4.69, 9.17) is 0 Å². The second-order valence-electron chi connectivity index (χ2n) is 6.57. The fraction of sp³-hybridized carbons (Fsp3) is 0.190. The molecule has 4 aromatic rings. The van der Waals surface area contributed by atoms with E-state index in [9.17, 15) is 9.59 Å². The summed E-state index contributed by atoms with van der Waals surface area (Å²) in [4.78, 5) is 34.4. The third-order valence-electron chi connectivity index (χ3n) is 4.72. The van der Waals surface area contributed by atoms with Crippen LogP contribution in [0, 0.1) is 13.8 Å². The molecule has 1 amide bonds. The topological polar surface area (TPSA) is 89.8 Å². The number of carbonyl (C=O) groups is 1. The lowest BCUT2D eigenvalue weighted by molar-refractivity contribution is 0.102. The number of anilines is 1. The predicted molar refractivity (Wildman–Crippen MR) is 109 cm³/mol. The van der Waals surface area contributed by atoms with E-state index in [1.807, 2.05) is 26.8 Å². The van der Waals surface area contributed by atoms with Gasteiger partial charge in [-0.25, -0.2) is 14.6 Å². The Hall–Kier alpha value is -3.61. The van der Waals surface area contributed by atoms with Crippen LogP contribution in [0.3, 0.4) is 0 Å². The van der Waals surface area contributed by atoms with Crippen molar-refractivity contribution in [2.24, 2.45) is 0 Å². The number of benzene rings is 2. The summed E-state index contributed by atoms with van der Waals surface area (Å²) in [5.41, 5.74) is 3.79. The van der Waals surface area contributed by atoms with E-state index in [-0.39, 0.29) is 17.2 Å². The van der Waals surface area contributed by atoms with Crippen LogP contribution in [0.15, 0.2) is 47.3 Å². The summed E-state index contributed by atoms with van der Waals surface area (Å²) in [6.45, 7) is 6.01. The molecule has 0 fully saturated rings. The molecule has 4 rings (SSSR count). The van der Waals surface area contributed by atoms with Crippen LogP contribution in [0.2, 0.25) is 0 Å². The van der Waals surface area contributed by atoms with Crippen molar-refractivity contribution in [3.63, 3.8) is 0 Å². The van der Waals surface area contributed by atoms with E-state index >= 15 is 0 Å². The molecule has 1 N–H and O–H groups in total. The van der Waals surface area contributed by atoms with Crippen molar-refractivity contribution in [1.82, 2.24) is 19.7 Å². The molecule has 0 saturated carbocycles. The van der Waals surface area contributed by atoms with Gasteiger partial charge in [-0.2, -0.15) is 5.10 Å². The maximum atomic E-state index is 12.9. The second-order valence-corrected chi connectivity index (χ2v) is 6.57. The maximum Gasteiger partial charge on any atom is 0.276 e. The normalized spacial score (nSPS) is 11.1. The van der Waals surface area contributed by atoms with E-state index in [0.717, 1.165) is 16.9 Å². The molecular weight excluding hydrogens is 354 g/mol. The lowest BCUT2D eigenvalue weighted by atomic mass is 10.1. The standard InChI is InChI=1S/C21H19N5O2/c1-4-26-21(28)16-8-6-5-7-15(16)19(25-26)20(27)24-14-9-10-17-18(11-14)23-13(3)12(2)22-17/h5-11H,4H2,1-3H3,(H,24,27). The number of aromatic nitrogens is 4. The van der Waals surface area contributed by atoms with E-state index in [1.54, 1.807) is 36.4 Å². The molecule has 2 aromatic carbocycles. The summed E-state index contributed by atoms with van der Waals surface area (Å²) in [7, 11) is 0. The molecular formula is C21H19N5O2. The largest absolute Gasteiger partial charge is 0.320 e. The van der Waals surface area contributed by atoms with Crippen molar-refractivity contribution < 1.29 is 4.79 Å². The molecule has 2 aromatic heterocycles. The summed E-state index contributed by atoms with van der Waals surface area (Å²) >= 11 is 0. The smallest absolute Gasteiger partial charge is 0.276 e. The van der Waals surface area contributed by atoms with Gasteiger partial charge in [0.15, 0.2) is 5.69 Å². The molecule has 7 nitrogen and oxygen atoms in total. The Morgan fingerprint density at radius 2 is 1.68 bits per heavy atom. The minimum Gasteiger partial charge on any atom is -0.320 e. The number of hydrogen-bond acceptors (Lipinski definition) is 5. The fourth-order valence-electron chi connectivity index (χ4n) is 3.12. The Balaban J connectivity index is 1.77. The highest BCUT2D eigenvalue weighted by Crippen LogP contribution is 2.19. The summed E-state index contributed by atoms with van der Waals surface area (Å²) in [5.74, 6) is -0.380. The Morgan fingerprint density at radius 1 is 1.00 bits per heavy atom. The third kappa shape index (κ3) is 3.00. The average Bonchev–Trinajstić information content (AvgIpc) is 2.69. The molecule has 0 bridgehead atoms. The number of nitrogens with one attached hydrogen (secondary N) is 1. The molecule has 28 heavy (non-hydrogen) atoms. The van der Waals surface area contributed by atoms with Crippen LogP contribution in [0.25, 0.3) is 21.8 Å². The first-order valence-corrected chi connectivity index (χ1v) is 9.04. The van der Waals surface area contributed by atoms with E-state index in [0.29, 0.717) is 28.5 Å². The molecule has 140 valence electrons. The molecule has 0 unspecified atom stereocenters. The quantitative estimate of drug-likeness (QED) is 0.595. The van der Waals surface area contributed by atoms with Crippen LogP contribution >= 0.6 is 0 Å². The lowest BCUT2D eigenvalue weighted by Crippen LogP contribution is -2.27. The zero-order valence-corrected chi connectivity index (χ0v) is 15.9. The van der Waals surface area contributed by atoms with Crippen molar-refractivity contribution in [1.29, 1.82) is 0 Å². The van der Waals surface area contributed by atoms with Crippen LogP contribution in [0.5, 0.6) is 0 Å². The van der Waals surface area contributed by atoms with Crippen LogP contribution < -0.4 is 10.9 Å². The lowest BCUT2D eigenvalue weighted by Gasteiger charge is -2.11. The number of rotatable bonds is 3. The summed E-state index contributed by atoms with van der Waals surface area (Å²) < 4.78 is 1.30. The molecule has 0 aliphatic rings. The zero-order chi connectivity index (χ0) is 19.8. The Morgan fingerprint density at radius 3 is 2.39 bits per heavy atom. The van der Waals surface area contributed by atoms with Gasteiger partial charge in [-0.3, -0.25) is 9.59 Å². The van der Waals surface area contributed by atoms with Crippen molar-refractivity contribution >= 4 is 33.4 Å². The van der Waals surface area contributed by atoms with Crippen molar-refractivity contribution in [2.75, 3.05) is 5.32 Å². The van der Waals surface area contributed by atoms with Crippen LogP contribution in [0.1, 0.15) is 28.8 Å². The predicted octanol–water partition coefficient (Wildman–Crippen LogP) is 3.23. The highest BCUT2D eigenvalue weighted by Gasteiger charge is 2.16. The monoisotopic (exact) mass is 373 g/mol. The Labute approximate surface area is 161 Å². The maximum absolute atomic E-state index is 12.9. The van der Waals surface area contributed by atoms with Gasteiger partial charge in [0.1, 0.15) is 0 Å². The summed E-state index contributed by atoms with van der Waals surface area (Å²) in [6, 6.07) is 12.4. The molecule has 0 radical (unpaired) electrons.